The van der Waals surface area contributed by atoms with Gasteiger partial charge in [-0.2, -0.15) is 5.26 Å². The summed E-state index contributed by atoms with van der Waals surface area (Å²) in [4.78, 5) is 21.5. The molecule has 22 heavy (non-hydrogen) atoms. The molecule has 0 spiro atoms. The molecule has 0 bridgehead atoms. The molecule has 9 heteroatoms. The lowest BCUT2D eigenvalue weighted by atomic mass is 10.2. The first kappa shape index (κ1) is 14.2. The molecule has 0 fully saturated rings. The van der Waals surface area contributed by atoms with Crippen molar-refractivity contribution in [1.82, 2.24) is 9.97 Å². The highest BCUT2D eigenvalue weighted by Gasteiger charge is 2.19. The first-order valence-corrected chi connectivity index (χ1v) is 7.81. The predicted molar refractivity (Wildman–Crippen MR) is 88.0 cm³/mol. The molecule has 3 heterocycles. The third kappa shape index (κ3) is 2.34. The van der Waals surface area contributed by atoms with E-state index in [4.69, 9.17) is 16.7 Å². The summed E-state index contributed by atoms with van der Waals surface area (Å²) < 4.78 is 0. The number of nitrogens with zero attached hydrogens (tertiary/aromatic N) is 3. The van der Waals surface area contributed by atoms with Crippen LogP contribution in [-0.2, 0) is 0 Å². The number of amides is 1. The highest BCUT2D eigenvalue weighted by atomic mass is 32.1. The van der Waals surface area contributed by atoms with Gasteiger partial charge >= 0.3 is 0 Å². The normalized spacial score (nSPS) is 10.5. The average Bonchev–Trinajstić information content (AvgIpc) is 3.02. The van der Waals surface area contributed by atoms with Gasteiger partial charge in [-0.3, -0.25) is 10.1 Å². The van der Waals surface area contributed by atoms with E-state index in [9.17, 15) is 4.79 Å². The molecular weight excluding hydrogens is 320 g/mol. The van der Waals surface area contributed by atoms with Crippen molar-refractivity contribution in [2.45, 2.75) is 6.92 Å². The second kappa shape index (κ2) is 5.25. The largest absolute Gasteiger partial charge is 0.397 e. The minimum Gasteiger partial charge on any atom is -0.397 e. The van der Waals surface area contributed by atoms with Gasteiger partial charge in [0.05, 0.1) is 16.9 Å². The lowest BCUT2D eigenvalue weighted by Crippen LogP contribution is -2.11. The van der Waals surface area contributed by atoms with Crippen molar-refractivity contribution >= 4 is 55.4 Å². The number of rotatable bonds is 2. The fourth-order valence-corrected chi connectivity index (χ4v) is 3.54. The number of aromatic nitrogens is 2. The van der Waals surface area contributed by atoms with Crippen molar-refractivity contribution < 1.29 is 4.79 Å². The van der Waals surface area contributed by atoms with Crippen molar-refractivity contribution in [3.8, 4) is 6.07 Å². The number of carbonyl (C=O) groups excluding carboxylic acids is 1. The zero-order valence-corrected chi connectivity index (χ0v) is 13.0. The number of pyridine rings is 1. The summed E-state index contributed by atoms with van der Waals surface area (Å²) >= 11 is 2.47. The van der Waals surface area contributed by atoms with E-state index in [1.807, 2.05) is 18.4 Å². The lowest BCUT2D eigenvalue weighted by Gasteiger charge is -2.00. The summed E-state index contributed by atoms with van der Waals surface area (Å²) in [7, 11) is 0. The molecule has 0 aliphatic rings. The zero-order valence-electron chi connectivity index (χ0n) is 11.4. The van der Waals surface area contributed by atoms with Crippen LogP contribution in [0.15, 0.2) is 11.4 Å². The topological polar surface area (TPSA) is 131 Å². The molecular formula is C13H10N6OS2. The molecule has 1 amide bonds. The van der Waals surface area contributed by atoms with Crippen molar-refractivity contribution in [2.24, 2.45) is 0 Å². The Hall–Kier alpha value is -2.70. The van der Waals surface area contributed by atoms with Crippen LogP contribution in [0.25, 0.3) is 10.2 Å². The second-order valence-corrected chi connectivity index (χ2v) is 6.34. The summed E-state index contributed by atoms with van der Waals surface area (Å²) in [5.74, 6) is -0.231. The van der Waals surface area contributed by atoms with E-state index in [1.54, 1.807) is 6.07 Å². The molecule has 0 aliphatic carbocycles. The molecule has 3 rings (SSSR count). The van der Waals surface area contributed by atoms with Gasteiger partial charge in [0.25, 0.3) is 5.91 Å². The summed E-state index contributed by atoms with van der Waals surface area (Å²) in [5, 5.41) is 14.6. The highest BCUT2D eigenvalue weighted by Crippen LogP contribution is 2.34. The Morgan fingerprint density at radius 2 is 2.18 bits per heavy atom. The Balaban J connectivity index is 2.02. The first-order valence-electron chi connectivity index (χ1n) is 6.11. The fourth-order valence-electron chi connectivity index (χ4n) is 1.88. The Bertz CT molecular complexity index is 936. The molecule has 5 N–H and O–H groups in total. The Kier molecular flexibility index (Phi) is 3.40. The number of aryl methyl sites for hydroxylation is 1. The number of carbonyl (C=O) groups is 1. The number of thiophene rings is 1. The SMILES string of the molecule is Cc1csc(NC(=O)c2sc3nc(N)c(C#N)cc3c2N)n1. The van der Waals surface area contributed by atoms with Gasteiger partial charge in [0.15, 0.2) is 5.13 Å². The van der Waals surface area contributed by atoms with Gasteiger partial charge in [-0.1, -0.05) is 0 Å². The molecule has 0 atom stereocenters. The smallest absolute Gasteiger partial charge is 0.269 e. The summed E-state index contributed by atoms with van der Waals surface area (Å²) in [6, 6.07) is 3.50. The first-order chi connectivity index (χ1) is 10.5. The van der Waals surface area contributed by atoms with Crippen LogP contribution in [-0.4, -0.2) is 15.9 Å². The standard InChI is InChI=1S/C13H10N6OS2/c1-5-4-21-13(17-5)19-11(20)9-8(15)7-2-6(3-14)10(16)18-12(7)22-9/h2,4H,15H2,1H3,(H2,16,18)(H,17,19,20). The maximum Gasteiger partial charge on any atom is 0.269 e. The van der Waals surface area contributed by atoms with E-state index >= 15 is 0 Å². The molecule has 0 radical (unpaired) electrons. The zero-order chi connectivity index (χ0) is 15.9. The third-order valence-corrected chi connectivity index (χ3v) is 4.91. The number of nitrogens with two attached hydrogens (primary N) is 2. The maximum absolute atomic E-state index is 12.3. The minimum atomic E-state index is -0.355. The van der Waals surface area contributed by atoms with Crippen molar-refractivity contribution in [2.75, 3.05) is 16.8 Å². The van der Waals surface area contributed by atoms with Crippen LogP contribution in [0.3, 0.4) is 0 Å². The number of anilines is 3. The molecule has 110 valence electrons. The van der Waals surface area contributed by atoms with Gasteiger partial charge in [-0.15, -0.1) is 22.7 Å². The van der Waals surface area contributed by atoms with Crippen LogP contribution in [0.5, 0.6) is 0 Å². The van der Waals surface area contributed by atoms with Gasteiger partial charge in [-0.05, 0) is 13.0 Å². The summed E-state index contributed by atoms with van der Waals surface area (Å²) in [6.45, 7) is 1.84. The third-order valence-electron chi connectivity index (χ3n) is 2.92. The van der Waals surface area contributed by atoms with Crippen LogP contribution >= 0.6 is 22.7 Å². The van der Waals surface area contributed by atoms with Crippen LogP contribution < -0.4 is 16.8 Å². The number of fused-ring (bicyclic) bond motifs is 1. The average molecular weight is 330 g/mol. The van der Waals surface area contributed by atoms with Crippen molar-refractivity contribution in [1.29, 1.82) is 5.26 Å². The van der Waals surface area contributed by atoms with E-state index in [0.29, 0.717) is 20.2 Å². The van der Waals surface area contributed by atoms with Crippen LogP contribution in [0.2, 0.25) is 0 Å². The van der Waals surface area contributed by atoms with Gasteiger partial charge in [0, 0.05) is 10.8 Å². The van der Waals surface area contributed by atoms with Crippen molar-refractivity contribution in [3.05, 3.63) is 27.6 Å². The maximum atomic E-state index is 12.3. The summed E-state index contributed by atoms with van der Waals surface area (Å²) in [6.07, 6.45) is 0. The Morgan fingerprint density at radius 3 is 2.82 bits per heavy atom. The van der Waals surface area contributed by atoms with Gasteiger partial charge in [0.2, 0.25) is 0 Å². The van der Waals surface area contributed by atoms with E-state index in [0.717, 1.165) is 17.0 Å². The van der Waals surface area contributed by atoms with Crippen LogP contribution in [0, 0.1) is 18.3 Å². The number of nitrogen functional groups attached to an aromatic ring is 2. The lowest BCUT2D eigenvalue weighted by molar-refractivity contribution is 0.103. The predicted octanol–water partition coefficient (Wildman–Crippen LogP) is 2.35. The minimum absolute atomic E-state index is 0.124. The monoisotopic (exact) mass is 330 g/mol. The number of thiazole rings is 1. The van der Waals surface area contributed by atoms with Crippen LogP contribution in [0.4, 0.5) is 16.6 Å². The Morgan fingerprint density at radius 1 is 1.41 bits per heavy atom. The molecule has 0 saturated carbocycles. The molecule has 0 aliphatic heterocycles. The molecule has 0 saturated heterocycles. The van der Waals surface area contributed by atoms with Crippen molar-refractivity contribution in [3.63, 3.8) is 0 Å². The highest BCUT2D eigenvalue weighted by molar-refractivity contribution is 7.21. The molecule has 3 aromatic rings. The summed E-state index contributed by atoms with van der Waals surface area (Å²) in [5.41, 5.74) is 13.1. The van der Waals surface area contributed by atoms with E-state index in [1.165, 1.54) is 11.3 Å². The molecule has 3 aromatic heterocycles. The van der Waals surface area contributed by atoms with E-state index in [-0.39, 0.29) is 23.0 Å². The second-order valence-electron chi connectivity index (χ2n) is 4.48. The quantitative estimate of drug-likeness (QED) is 0.661. The number of hydrogen-bond acceptors (Lipinski definition) is 8. The van der Waals surface area contributed by atoms with Gasteiger partial charge < -0.3 is 11.5 Å². The van der Waals surface area contributed by atoms with Crippen LogP contribution in [0.1, 0.15) is 20.9 Å². The molecule has 0 aromatic carbocycles. The number of hydrogen-bond donors (Lipinski definition) is 3. The molecule has 7 nitrogen and oxygen atoms in total. The Labute approximate surface area is 133 Å². The number of nitriles is 1. The fraction of sp³-hybridized carbons (Fsp3) is 0.0769. The number of nitrogens with one attached hydrogen (secondary N) is 1. The van der Waals surface area contributed by atoms with E-state index < -0.39 is 0 Å². The van der Waals surface area contributed by atoms with Gasteiger partial charge in [-0.25, -0.2) is 9.97 Å². The van der Waals surface area contributed by atoms with E-state index in [2.05, 4.69) is 15.3 Å². The van der Waals surface area contributed by atoms with Gasteiger partial charge in [0.1, 0.15) is 21.6 Å². The molecule has 0 unspecified atom stereocenters.